The van der Waals surface area contributed by atoms with E-state index in [2.05, 4.69) is 21.2 Å². The Morgan fingerprint density at radius 1 is 1.14 bits per heavy atom. The van der Waals surface area contributed by atoms with Crippen molar-refractivity contribution in [1.82, 2.24) is 5.32 Å². The highest BCUT2D eigenvalue weighted by atomic mass is 79.9. The Kier molecular flexibility index (Phi) is 5.48. The molecule has 1 N–H and O–H groups in total. The summed E-state index contributed by atoms with van der Waals surface area (Å²) in [7, 11) is 0. The molecule has 1 atom stereocenters. The van der Waals surface area contributed by atoms with Crippen LogP contribution in [-0.4, -0.2) is 6.54 Å². The molecule has 0 saturated heterocycles. The van der Waals surface area contributed by atoms with Crippen LogP contribution in [-0.2, 0) is 6.42 Å². The molecule has 0 fully saturated rings. The third-order valence-electron chi connectivity index (χ3n) is 3.58. The van der Waals surface area contributed by atoms with Gasteiger partial charge in [-0.25, -0.2) is 8.78 Å². The second-order valence-electron chi connectivity index (χ2n) is 5.16. The SMILES string of the molecule is Cc1cc(F)ccc1CCNC(C)c1ccc(Br)cc1F. The predicted molar refractivity (Wildman–Crippen MR) is 85.4 cm³/mol. The topological polar surface area (TPSA) is 12.0 Å². The zero-order valence-electron chi connectivity index (χ0n) is 12.1. The minimum absolute atomic E-state index is 0.0705. The predicted octanol–water partition coefficient (Wildman–Crippen LogP) is 4.93. The van der Waals surface area contributed by atoms with Gasteiger partial charge in [0.15, 0.2) is 0 Å². The molecule has 0 heterocycles. The van der Waals surface area contributed by atoms with Gasteiger partial charge in [-0.2, -0.15) is 0 Å². The molecule has 0 aromatic heterocycles. The number of rotatable bonds is 5. The van der Waals surface area contributed by atoms with Gasteiger partial charge in [-0.3, -0.25) is 0 Å². The molecular formula is C17H18BrF2N. The number of halogens is 3. The summed E-state index contributed by atoms with van der Waals surface area (Å²) in [4.78, 5) is 0. The summed E-state index contributed by atoms with van der Waals surface area (Å²) < 4.78 is 27.6. The van der Waals surface area contributed by atoms with Crippen LogP contribution in [0.1, 0.15) is 29.7 Å². The molecule has 2 aromatic rings. The highest BCUT2D eigenvalue weighted by molar-refractivity contribution is 9.10. The molecule has 1 unspecified atom stereocenters. The average Bonchev–Trinajstić information content (AvgIpc) is 2.41. The van der Waals surface area contributed by atoms with Crippen LogP contribution in [0.25, 0.3) is 0 Å². The minimum Gasteiger partial charge on any atom is -0.310 e. The molecule has 2 rings (SSSR count). The van der Waals surface area contributed by atoms with Gasteiger partial charge in [0.2, 0.25) is 0 Å². The van der Waals surface area contributed by atoms with Crippen molar-refractivity contribution in [2.24, 2.45) is 0 Å². The van der Waals surface area contributed by atoms with Gasteiger partial charge in [0.05, 0.1) is 0 Å². The van der Waals surface area contributed by atoms with Crippen molar-refractivity contribution in [3.63, 3.8) is 0 Å². The fraction of sp³-hybridized carbons (Fsp3) is 0.294. The first kappa shape index (κ1) is 16.1. The molecule has 0 saturated carbocycles. The number of hydrogen-bond acceptors (Lipinski definition) is 1. The lowest BCUT2D eigenvalue weighted by Crippen LogP contribution is -2.22. The van der Waals surface area contributed by atoms with E-state index in [9.17, 15) is 8.78 Å². The van der Waals surface area contributed by atoms with Crippen LogP contribution < -0.4 is 5.32 Å². The van der Waals surface area contributed by atoms with E-state index in [1.807, 2.05) is 19.9 Å². The number of benzene rings is 2. The zero-order chi connectivity index (χ0) is 15.4. The van der Waals surface area contributed by atoms with Gasteiger partial charge in [-0.1, -0.05) is 28.1 Å². The van der Waals surface area contributed by atoms with Crippen LogP contribution in [0.2, 0.25) is 0 Å². The fourth-order valence-corrected chi connectivity index (χ4v) is 2.66. The van der Waals surface area contributed by atoms with E-state index >= 15 is 0 Å². The Balaban J connectivity index is 1.93. The van der Waals surface area contributed by atoms with Gasteiger partial charge >= 0.3 is 0 Å². The van der Waals surface area contributed by atoms with E-state index < -0.39 is 0 Å². The van der Waals surface area contributed by atoms with Gasteiger partial charge in [0.1, 0.15) is 11.6 Å². The van der Waals surface area contributed by atoms with Crippen LogP contribution >= 0.6 is 15.9 Å². The molecule has 4 heteroatoms. The lowest BCUT2D eigenvalue weighted by atomic mass is 10.0. The van der Waals surface area contributed by atoms with E-state index in [4.69, 9.17) is 0 Å². The molecular weight excluding hydrogens is 336 g/mol. The lowest BCUT2D eigenvalue weighted by Gasteiger charge is -2.16. The van der Waals surface area contributed by atoms with Crippen LogP contribution in [0.3, 0.4) is 0 Å². The van der Waals surface area contributed by atoms with Crippen molar-refractivity contribution in [2.75, 3.05) is 6.54 Å². The Morgan fingerprint density at radius 2 is 1.90 bits per heavy atom. The minimum atomic E-state index is -0.220. The summed E-state index contributed by atoms with van der Waals surface area (Å²) in [5.41, 5.74) is 2.70. The first-order valence-corrected chi connectivity index (χ1v) is 7.70. The third-order valence-corrected chi connectivity index (χ3v) is 4.07. The summed E-state index contributed by atoms with van der Waals surface area (Å²) in [6, 6.07) is 9.82. The lowest BCUT2D eigenvalue weighted by molar-refractivity contribution is 0.530. The van der Waals surface area contributed by atoms with E-state index in [-0.39, 0.29) is 17.7 Å². The molecule has 21 heavy (non-hydrogen) atoms. The van der Waals surface area contributed by atoms with Crippen molar-refractivity contribution < 1.29 is 8.78 Å². The van der Waals surface area contributed by atoms with Gasteiger partial charge < -0.3 is 5.32 Å². The van der Waals surface area contributed by atoms with E-state index in [0.717, 1.165) is 22.0 Å². The largest absolute Gasteiger partial charge is 0.310 e. The second kappa shape index (κ2) is 7.14. The average molecular weight is 354 g/mol. The van der Waals surface area contributed by atoms with Crippen LogP contribution in [0.5, 0.6) is 0 Å². The smallest absolute Gasteiger partial charge is 0.129 e. The zero-order valence-corrected chi connectivity index (χ0v) is 13.7. The maximum atomic E-state index is 13.8. The summed E-state index contributed by atoms with van der Waals surface area (Å²) in [6.07, 6.45) is 0.786. The highest BCUT2D eigenvalue weighted by Gasteiger charge is 2.10. The summed E-state index contributed by atoms with van der Waals surface area (Å²) in [6.45, 7) is 4.54. The number of hydrogen-bond donors (Lipinski definition) is 1. The van der Waals surface area contributed by atoms with Crippen LogP contribution in [0.4, 0.5) is 8.78 Å². The Morgan fingerprint density at radius 3 is 2.57 bits per heavy atom. The Labute approximate surface area is 132 Å². The quantitative estimate of drug-likeness (QED) is 0.803. The molecule has 0 bridgehead atoms. The molecule has 0 radical (unpaired) electrons. The first-order valence-electron chi connectivity index (χ1n) is 6.90. The number of nitrogens with one attached hydrogen (secondary N) is 1. The molecule has 2 aromatic carbocycles. The van der Waals surface area contributed by atoms with Crippen LogP contribution in [0, 0.1) is 18.6 Å². The summed E-state index contributed by atoms with van der Waals surface area (Å²) in [5, 5.41) is 3.30. The van der Waals surface area contributed by atoms with Crippen molar-refractivity contribution in [2.45, 2.75) is 26.3 Å². The fourth-order valence-electron chi connectivity index (χ4n) is 2.33. The van der Waals surface area contributed by atoms with Gasteiger partial charge in [0, 0.05) is 16.1 Å². The van der Waals surface area contributed by atoms with Gasteiger partial charge in [-0.05, 0) is 62.2 Å². The summed E-state index contributed by atoms with van der Waals surface area (Å²) in [5.74, 6) is -0.433. The maximum Gasteiger partial charge on any atom is 0.129 e. The van der Waals surface area contributed by atoms with E-state index in [0.29, 0.717) is 12.1 Å². The van der Waals surface area contributed by atoms with Crippen LogP contribution in [0.15, 0.2) is 40.9 Å². The summed E-state index contributed by atoms with van der Waals surface area (Å²) >= 11 is 3.25. The first-order chi connectivity index (χ1) is 9.97. The van der Waals surface area contributed by atoms with Crippen molar-refractivity contribution >= 4 is 15.9 Å². The van der Waals surface area contributed by atoms with Crippen molar-refractivity contribution in [1.29, 1.82) is 0 Å². The normalized spacial score (nSPS) is 12.4. The van der Waals surface area contributed by atoms with Gasteiger partial charge in [-0.15, -0.1) is 0 Å². The molecule has 0 aliphatic heterocycles. The third kappa shape index (κ3) is 4.35. The Bertz CT molecular complexity index is 628. The molecule has 1 nitrogen and oxygen atoms in total. The molecule has 0 aliphatic rings. The van der Waals surface area contributed by atoms with E-state index in [1.165, 1.54) is 18.2 Å². The van der Waals surface area contributed by atoms with E-state index in [1.54, 1.807) is 12.1 Å². The molecule has 0 spiro atoms. The number of aryl methyl sites for hydroxylation is 1. The molecule has 0 aliphatic carbocycles. The van der Waals surface area contributed by atoms with Crippen molar-refractivity contribution in [3.8, 4) is 0 Å². The molecule has 0 amide bonds. The monoisotopic (exact) mass is 353 g/mol. The highest BCUT2D eigenvalue weighted by Crippen LogP contribution is 2.21. The molecule has 112 valence electrons. The van der Waals surface area contributed by atoms with Gasteiger partial charge in [0.25, 0.3) is 0 Å². The maximum absolute atomic E-state index is 13.8. The second-order valence-corrected chi connectivity index (χ2v) is 6.08. The van der Waals surface area contributed by atoms with Crippen molar-refractivity contribution in [3.05, 3.63) is 69.2 Å². The standard InChI is InChI=1S/C17H18BrF2N/c1-11-9-15(19)5-3-13(11)7-8-21-12(2)16-6-4-14(18)10-17(16)20/h3-6,9-10,12,21H,7-8H2,1-2H3. The Hall–Kier alpha value is -1.26.